The molecule has 0 aliphatic carbocycles. The molecule has 4 N–H and O–H groups in total. The molecule has 0 aromatic heterocycles. The molecule has 1 aromatic carbocycles. The number of carboxylic acids is 1. The number of hydrogen-bond donors (Lipinski definition) is 3. The number of anilines is 1. The lowest BCUT2D eigenvalue weighted by atomic mass is 9.99. The number of carbonyl (C=O) groups excluding carboxylic acids is 2. The van der Waals surface area contributed by atoms with E-state index in [0.29, 0.717) is 30.6 Å². The highest BCUT2D eigenvalue weighted by atomic mass is 16.4. The van der Waals surface area contributed by atoms with Crippen LogP contribution in [0.4, 0.5) is 10.5 Å². The summed E-state index contributed by atoms with van der Waals surface area (Å²) in [7, 11) is 0. The molecule has 1 heterocycles. The van der Waals surface area contributed by atoms with E-state index in [1.54, 1.807) is 18.2 Å². The van der Waals surface area contributed by atoms with E-state index in [-0.39, 0.29) is 12.6 Å². The molecule has 1 fully saturated rings. The first-order chi connectivity index (χ1) is 9.97. The number of benzene rings is 1. The van der Waals surface area contributed by atoms with Crippen LogP contribution in [-0.4, -0.2) is 41.0 Å². The molecule has 1 aliphatic rings. The average Bonchev–Trinajstić information content (AvgIpc) is 2.47. The molecule has 0 unspecified atom stereocenters. The predicted molar refractivity (Wildman–Crippen MR) is 75.9 cm³/mol. The van der Waals surface area contributed by atoms with Crippen LogP contribution in [0.2, 0.25) is 0 Å². The van der Waals surface area contributed by atoms with Crippen molar-refractivity contribution in [2.24, 2.45) is 11.7 Å². The van der Waals surface area contributed by atoms with Gasteiger partial charge < -0.3 is 21.1 Å². The predicted octanol–water partition coefficient (Wildman–Crippen LogP) is 1.11. The van der Waals surface area contributed by atoms with E-state index in [1.165, 1.54) is 11.0 Å². The van der Waals surface area contributed by atoms with Crippen molar-refractivity contribution < 1.29 is 19.5 Å². The number of primary amides is 1. The second-order valence-electron chi connectivity index (χ2n) is 5.00. The van der Waals surface area contributed by atoms with Gasteiger partial charge in [-0.15, -0.1) is 0 Å². The van der Waals surface area contributed by atoms with E-state index in [4.69, 9.17) is 10.8 Å². The maximum absolute atomic E-state index is 12.1. The fourth-order valence-electron chi connectivity index (χ4n) is 2.32. The summed E-state index contributed by atoms with van der Waals surface area (Å²) in [5.41, 5.74) is 5.93. The van der Waals surface area contributed by atoms with Gasteiger partial charge in [0.2, 0.25) is 5.91 Å². The number of nitrogens with two attached hydrogens (primary N) is 1. The summed E-state index contributed by atoms with van der Waals surface area (Å²) in [4.78, 5) is 35.7. The molecule has 1 aromatic rings. The van der Waals surface area contributed by atoms with Crippen molar-refractivity contribution in [2.45, 2.75) is 12.8 Å². The highest BCUT2D eigenvalue weighted by molar-refractivity contribution is 5.96. The van der Waals surface area contributed by atoms with Crippen LogP contribution in [0.3, 0.4) is 0 Å². The number of carboxylic acid groups (broad SMARTS) is 1. The van der Waals surface area contributed by atoms with Gasteiger partial charge in [-0.05, 0) is 31.0 Å². The monoisotopic (exact) mass is 291 g/mol. The quantitative estimate of drug-likeness (QED) is 0.774. The third kappa shape index (κ3) is 3.71. The van der Waals surface area contributed by atoms with Gasteiger partial charge in [0.25, 0.3) is 0 Å². The Balaban J connectivity index is 2.02. The van der Waals surface area contributed by atoms with Crippen molar-refractivity contribution in [3.8, 4) is 0 Å². The number of amides is 3. The maximum Gasteiger partial charge on any atom is 0.321 e. The number of rotatable bonds is 3. The number of likely N-dealkylation sites (tertiary alicyclic amines) is 1. The van der Waals surface area contributed by atoms with Gasteiger partial charge in [0.05, 0.1) is 5.92 Å². The zero-order valence-electron chi connectivity index (χ0n) is 11.4. The molecule has 3 amide bonds. The minimum absolute atomic E-state index is 0.191. The lowest BCUT2D eigenvalue weighted by Crippen LogP contribution is -2.44. The zero-order chi connectivity index (χ0) is 15.4. The van der Waals surface area contributed by atoms with E-state index in [1.807, 2.05) is 0 Å². The van der Waals surface area contributed by atoms with Gasteiger partial charge in [-0.2, -0.15) is 0 Å². The first-order valence-corrected chi connectivity index (χ1v) is 6.66. The van der Waals surface area contributed by atoms with Gasteiger partial charge in [-0.25, -0.2) is 4.79 Å². The topological polar surface area (TPSA) is 113 Å². The SMILES string of the molecule is NC(=O)c1cccc(NC(=O)N2CCC[C@H](C(=O)O)C2)c1. The van der Waals surface area contributed by atoms with Crippen LogP contribution >= 0.6 is 0 Å². The van der Waals surface area contributed by atoms with Crippen LogP contribution in [0.25, 0.3) is 0 Å². The molecule has 21 heavy (non-hydrogen) atoms. The Hall–Kier alpha value is -2.57. The normalized spacial score (nSPS) is 18.1. The fraction of sp³-hybridized carbons (Fsp3) is 0.357. The van der Waals surface area contributed by atoms with E-state index >= 15 is 0 Å². The minimum Gasteiger partial charge on any atom is -0.481 e. The first-order valence-electron chi connectivity index (χ1n) is 6.66. The van der Waals surface area contributed by atoms with Crippen LogP contribution in [0, 0.1) is 5.92 Å². The average molecular weight is 291 g/mol. The molecular weight excluding hydrogens is 274 g/mol. The lowest BCUT2D eigenvalue weighted by molar-refractivity contribution is -0.143. The molecule has 7 heteroatoms. The van der Waals surface area contributed by atoms with Gasteiger partial charge in [-0.1, -0.05) is 6.07 Å². The highest BCUT2D eigenvalue weighted by Crippen LogP contribution is 2.18. The summed E-state index contributed by atoms with van der Waals surface area (Å²) in [6.45, 7) is 0.710. The van der Waals surface area contributed by atoms with Crippen molar-refractivity contribution in [3.05, 3.63) is 29.8 Å². The summed E-state index contributed by atoms with van der Waals surface area (Å²) in [6.07, 6.45) is 1.24. The Bertz CT molecular complexity index is 573. The van der Waals surface area contributed by atoms with E-state index < -0.39 is 17.8 Å². The van der Waals surface area contributed by atoms with Crippen LogP contribution in [0.5, 0.6) is 0 Å². The number of aliphatic carboxylic acids is 1. The third-order valence-corrected chi connectivity index (χ3v) is 3.46. The third-order valence-electron chi connectivity index (χ3n) is 3.46. The van der Waals surface area contributed by atoms with E-state index in [0.717, 1.165) is 0 Å². The molecule has 112 valence electrons. The van der Waals surface area contributed by atoms with Crippen molar-refractivity contribution in [2.75, 3.05) is 18.4 Å². The maximum atomic E-state index is 12.1. The van der Waals surface area contributed by atoms with Crippen molar-refractivity contribution in [1.82, 2.24) is 4.90 Å². The van der Waals surface area contributed by atoms with Crippen LogP contribution in [0.1, 0.15) is 23.2 Å². The highest BCUT2D eigenvalue weighted by Gasteiger charge is 2.28. The first kappa shape index (κ1) is 14.8. The minimum atomic E-state index is -0.886. The van der Waals surface area contributed by atoms with Crippen molar-refractivity contribution in [1.29, 1.82) is 0 Å². The van der Waals surface area contributed by atoms with Crippen molar-refractivity contribution >= 4 is 23.6 Å². The summed E-state index contributed by atoms with van der Waals surface area (Å²) < 4.78 is 0. The molecule has 0 radical (unpaired) electrons. The van der Waals surface area contributed by atoms with E-state index in [2.05, 4.69) is 5.32 Å². The summed E-state index contributed by atoms with van der Waals surface area (Å²) in [5, 5.41) is 11.7. The lowest BCUT2D eigenvalue weighted by Gasteiger charge is -2.30. The van der Waals surface area contributed by atoms with Crippen LogP contribution in [-0.2, 0) is 4.79 Å². The smallest absolute Gasteiger partial charge is 0.321 e. The standard InChI is InChI=1S/C14H17N3O4/c15-12(18)9-3-1-5-11(7-9)16-14(21)17-6-2-4-10(8-17)13(19)20/h1,3,5,7,10H,2,4,6,8H2,(H2,15,18)(H,16,21)(H,19,20)/t10-/m0/s1. The number of hydrogen-bond acceptors (Lipinski definition) is 3. The fourth-order valence-corrected chi connectivity index (χ4v) is 2.32. The Morgan fingerprint density at radius 2 is 2.10 bits per heavy atom. The van der Waals surface area contributed by atoms with Crippen molar-refractivity contribution in [3.63, 3.8) is 0 Å². The number of nitrogens with one attached hydrogen (secondary N) is 1. The Morgan fingerprint density at radius 3 is 2.76 bits per heavy atom. The summed E-state index contributed by atoms with van der Waals surface area (Å²) in [6, 6.07) is 5.93. The second-order valence-corrected chi connectivity index (χ2v) is 5.00. The Kier molecular flexibility index (Phi) is 4.42. The largest absolute Gasteiger partial charge is 0.481 e. The molecule has 1 saturated heterocycles. The Labute approximate surface area is 121 Å². The molecule has 1 atom stereocenters. The number of nitrogens with zero attached hydrogens (tertiary/aromatic N) is 1. The van der Waals surface area contributed by atoms with Gasteiger partial charge in [0.1, 0.15) is 0 Å². The molecule has 0 bridgehead atoms. The van der Waals surface area contributed by atoms with Gasteiger partial charge in [0, 0.05) is 24.3 Å². The van der Waals surface area contributed by atoms with Gasteiger partial charge in [0.15, 0.2) is 0 Å². The molecule has 0 spiro atoms. The van der Waals surface area contributed by atoms with Gasteiger partial charge in [-0.3, -0.25) is 9.59 Å². The Morgan fingerprint density at radius 1 is 1.33 bits per heavy atom. The van der Waals surface area contributed by atoms with E-state index in [9.17, 15) is 14.4 Å². The zero-order valence-corrected chi connectivity index (χ0v) is 11.4. The second kappa shape index (κ2) is 6.25. The molecule has 2 rings (SSSR count). The summed E-state index contributed by atoms with van der Waals surface area (Å²) in [5.74, 6) is -1.99. The molecule has 7 nitrogen and oxygen atoms in total. The number of urea groups is 1. The number of piperidine rings is 1. The number of carbonyl (C=O) groups is 3. The van der Waals surface area contributed by atoms with Crippen LogP contribution in [0.15, 0.2) is 24.3 Å². The van der Waals surface area contributed by atoms with Gasteiger partial charge >= 0.3 is 12.0 Å². The molecule has 0 saturated carbocycles. The molecule has 1 aliphatic heterocycles. The molecular formula is C14H17N3O4. The summed E-state index contributed by atoms with van der Waals surface area (Å²) >= 11 is 0. The van der Waals surface area contributed by atoms with Crippen LogP contribution < -0.4 is 11.1 Å².